The van der Waals surface area contributed by atoms with Crippen LogP contribution in [0.15, 0.2) is 30.3 Å². The molecule has 1 aromatic rings. The summed E-state index contributed by atoms with van der Waals surface area (Å²) in [6.07, 6.45) is 5.36. The van der Waals surface area contributed by atoms with Gasteiger partial charge in [0.05, 0.1) is 11.8 Å². The topological polar surface area (TPSA) is 52.7 Å². The molecule has 2 saturated carbocycles. The summed E-state index contributed by atoms with van der Waals surface area (Å²) in [5.41, 5.74) is 1.32. The highest BCUT2D eigenvalue weighted by Crippen LogP contribution is 2.40. The molecule has 1 aromatic carbocycles. The van der Waals surface area contributed by atoms with Crippen molar-refractivity contribution in [2.24, 2.45) is 11.8 Å². The zero-order valence-electron chi connectivity index (χ0n) is 15.4. The average molecular weight is 355 g/mol. The third kappa shape index (κ3) is 4.09. The van der Waals surface area contributed by atoms with Crippen molar-refractivity contribution in [3.05, 3.63) is 35.9 Å². The molecule has 4 rings (SSSR count). The average Bonchev–Trinajstić information content (AvgIpc) is 3.32. The second kappa shape index (κ2) is 7.78. The summed E-state index contributed by atoms with van der Waals surface area (Å²) in [6, 6.07) is 10.8. The third-order valence-corrected chi connectivity index (χ3v) is 6.08. The molecule has 1 aliphatic heterocycles. The Bertz CT molecular complexity index is 634. The monoisotopic (exact) mass is 355 g/mol. The first kappa shape index (κ1) is 17.5. The van der Waals surface area contributed by atoms with Crippen molar-refractivity contribution in [1.29, 1.82) is 0 Å². The number of nitrogens with zero attached hydrogens (tertiary/aromatic N) is 2. The van der Waals surface area contributed by atoms with Crippen molar-refractivity contribution in [3.8, 4) is 0 Å². The van der Waals surface area contributed by atoms with Gasteiger partial charge < -0.3 is 10.2 Å². The Balaban J connectivity index is 1.21. The van der Waals surface area contributed by atoms with Crippen molar-refractivity contribution in [3.63, 3.8) is 0 Å². The predicted molar refractivity (Wildman–Crippen MR) is 100 cm³/mol. The summed E-state index contributed by atoms with van der Waals surface area (Å²) >= 11 is 0. The van der Waals surface area contributed by atoms with Gasteiger partial charge in [-0.1, -0.05) is 43.2 Å². The summed E-state index contributed by atoms with van der Waals surface area (Å²) in [6.45, 7) is 4.32. The van der Waals surface area contributed by atoms with Crippen LogP contribution in [0.25, 0.3) is 0 Å². The van der Waals surface area contributed by atoms with Crippen molar-refractivity contribution in [2.45, 2.75) is 44.7 Å². The fraction of sp³-hybridized carbons (Fsp3) is 0.619. The van der Waals surface area contributed by atoms with E-state index in [0.29, 0.717) is 6.04 Å². The van der Waals surface area contributed by atoms with E-state index in [0.717, 1.165) is 52.0 Å². The molecular weight excluding hydrogens is 326 g/mol. The normalized spacial score (nSPS) is 26.7. The van der Waals surface area contributed by atoms with Crippen molar-refractivity contribution in [2.75, 3.05) is 26.2 Å². The fourth-order valence-electron chi connectivity index (χ4n) is 4.34. The number of rotatable bonds is 5. The van der Waals surface area contributed by atoms with Crippen LogP contribution < -0.4 is 5.32 Å². The zero-order chi connectivity index (χ0) is 17.9. The van der Waals surface area contributed by atoms with Crippen molar-refractivity contribution in [1.82, 2.24) is 15.1 Å². The summed E-state index contributed by atoms with van der Waals surface area (Å²) in [5.74, 6) is 0.149. The van der Waals surface area contributed by atoms with Gasteiger partial charge in [-0.05, 0) is 24.8 Å². The summed E-state index contributed by atoms with van der Waals surface area (Å²) in [5, 5.41) is 3.15. The Kier molecular flexibility index (Phi) is 5.25. The SMILES string of the molecule is O=C(NC1CCCC1)C1CC1C(=O)N1CCN(Cc2ccccc2)CC1. The van der Waals surface area contributed by atoms with Crippen LogP contribution in [-0.4, -0.2) is 53.8 Å². The molecule has 0 aromatic heterocycles. The first-order chi connectivity index (χ1) is 12.7. The van der Waals surface area contributed by atoms with E-state index >= 15 is 0 Å². The van der Waals surface area contributed by atoms with Gasteiger partial charge in [-0.25, -0.2) is 0 Å². The Morgan fingerprint density at radius 3 is 2.35 bits per heavy atom. The van der Waals surface area contributed by atoms with E-state index in [1.54, 1.807) is 0 Å². The standard InChI is InChI=1S/C21H29N3O2/c25-20(22-17-8-4-5-9-17)18-14-19(18)21(26)24-12-10-23(11-13-24)15-16-6-2-1-3-7-16/h1-3,6-7,17-19H,4-5,8-15H2,(H,22,25). The number of amides is 2. The highest BCUT2D eigenvalue weighted by atomic mass is 16.2. The van der Waals surface area contributed by atoms with Gasteiger partial charge in [-0.2, -0.15) is 0 Å². The van der Waals surface area contributed by atoms with Crippen LogP contribution in [0.4, 0.5) is 0 Å². The van der Waals surface area contributed by atoms with E-state index in [1.807, 2.05) is 11.0 Å². The smallest absolute Gasteiger partial charge is 0.226 e. The molecule has 1 heterocycles. The van der Waals surface area contributed by atoms with E-state index in [-0.39, 0.29) is 23.7 Å². The van der Waals surface area contributed by atoms with Crippen LogP contribution in [0.2, 0.25) is 0 Å². The number of benzene rings is 1. The van der Waals surface area contributed by atoms with Gasteiger partial charge in [0.15, 0.2) is 0 Å². The molecule has 5 heteroatoms. The van der Waals surface area contributed by atoms with E-state index in [2.05, 4.69) is 34.5 Å². The van der Waals surface area contributed by atoms with E-state index in [9.17, 15) is 9.59 Å². The lowest BCUT2D eigenvalue weighted by molar-refractivity contribution is -0.136. The largest absolute Gasteiger partial charge is 0.353 e. The molecule has 2 atom stereocenters. The van der Waals surface area contributed by atoms with Gasteiger partial charge in [0.25, 0.3) is 0 Å². The Morgan fingerprint density at radius 2 is 1.65 bits per heavy atom. The molecule has 5 nitrogen and oxygen atoms in total. The van der Waals surface area contributed by atoms with E-state index in [1.165, 1.54) is 18.4 Å². The van der Waals surface area contributed by atoms with Gasteiger partial charge in [0.1, 0.15) is 0 Å². The maximum absolute atomic E-state index is 12.7. The van der Waals surface area contributed by atoms with Crippen LogP contribution in [0.1, 0.15) is 37.7 Å². The molecule has 3 fully saturated rings. The molecule has 2 amide bonds. The molecule has 26 heavy (non-hydrogen) atoms. The predicted octanol–water partition coefficient (Wildman–Crippen LogP) is 2.03. The Labute approximate surface area is 155 Å². The lowest BCUT2D eigenvalue weighted by Gasteiger charge is -2.35. The highest BCUT2D eigenvalue weighted by Gasteiger charge is 2.50. The van der Waals surface area contributed by atoms with E-state index in [4.69, 9.17) is 0 Å². The molecule has 2 unspecified atom stereocenters. The van der Waals surface area contributed by atoms with Crippen LogP contribution in [0, 0.1) is 11.8 Å². The first-order valence-electron chi connectivity index (χ1n) is 10.1. The minimum atomic E-state index is -0.0783. The molecule has 3 aliphatic rings. The van der Waals surface area contributed by atoms with E-state index < -0.39 is 0 Å². The second-order valence-electron chi connectivity index (χ2n) is 8.03. The van der Waals surface area contributed by atoms with Crippen LogP contribution in [0.5, 0.6) is 0 Å². The minimum Gasteiger partial charge on any atom is -0.353 e. The molecule has 0 spiro atoms. The summed E-state index contributed by atoms with van der Waals surface area (Å²) in [7, 11) is 0. The van der Waals surface area contributed by atoms with Gasteiger partial charge in [-0.15, -0.1) is 0 Å². The third-order valence-electron chi connectivity index (χ3n) is 6.08. The molecule has 140 valence electrons. The maximum Gasteiger partial charge on any atom is 0.226 e. The van der Waals surface area contributed by atoms with Crippen molar-refractivity contribution >= 4 is 11.8 Å². The summed E-state index contributed by atoms with van der Waals surface area (Å²) < 4.78 is 0. The lowest BCUT2D eigenvalue weighted by atomic mass is 10.2. The second-order valence-corrected chi connectivity index (χ2v) is 8.03. The minimum absolute atomic E-state index is 0.0722. The number of hydrogen-bond donors (Lipinski definition) is 1. The highest BCUT2D eigenvalue weighted by molar-refractivity contribution is 5.92. The van der Waals surface area contributed by atoms with Gasteiger partial charge in [0.2, 0.25) is 11.8 Å². The molecule has 1 N–H and O–H groups in total. The molecule has 0 bridgehead atoms. The summed E-state index contributed by atoms with van der Waals surface area (Å²) in [4.78, 5) is 29.4. The number of piperazine rings is 1. The fourth-order valence-corrected chi connectivity index (χ4v) is 4.34. The number of nitrogens with one attached hydrogen (secondary N) is 1. The van der Waals surface area contributed by atoms with Gasteiger partial charge in [0, 0.05) is 38.8 Å². The number of carbonyl (C=O) groups is 2. The van der Waals surface area contributed by atoms with Gasteiger partial charge in [-0.3, -0.25) is 14.5 Å². The van der Waals surface area contributed by atoms with Crippen LogP contribution in [0.3, 0.4) is 0 Å². The molecule has 1 saturated heterocycles. The maximum atomic E-state index is 12.7. The molecule has 0 radical (unpaired) electrons. The lowest BCUT2D eigenvalue weighted by Crippen LogP contribution is -2.49. The number of hydrogen-bond acceptors (Lipinski definition) is 3. The Hall–Kier alpha value is -1.88. The molecular formula is C21H29N3O2. The zero-order valence-corrected chi connectivity index (χ0v) is 15.4. The quantitative estimate of drug-likeness (QED) is 0.879. The first-order valence-corrected chi connectivity index (χ1v) is 10.1. The van der Waals surface area contributed by atoms with Crippen LogP contribution in [-0.2, 0) is 16.1 Å². The van der Waals surface area contributed by atoms with Gasteiger partial charge >= 0.3 is 0 Å². The molecule has 2 aliphatic carbocycles. The van der Waals surface area contributed by atoms with Crippen LogP contribution >= 0.6 is 0 Å². The number of carbonyl (C=O) groups excluding carboxylic acids is 2. The van der Waals surface area contributed by atoms with Crippen molar-refractivity contribution < 1.29 is 9.59 Å². The Morgan fingerprint density at radius 1 is 0.962 bits per heavy atom.